The van der Waals surface area contributed by atoms with Gasteiger partial charge in [-0.15, -0.1) is 5.10 Å². The standard InChI is InChI=1S/C9H10N4O/c14-9-12-11-8-10-5-4-7(13(8)9)6-2-1-3-6/h4-6H,1-3H2,(H,12,14). The first kappa shape index (κ1) is 7.73. The molecule has 0 saturated heterocycles. The highest BCUT2D eigenvalue weighted by Gasteiger charge is 2.22. The summed E-state index contributed by atoms with van der Waals surface area (Å²) >= 11 is 0. The SMILES string of the molecule is O=c1[nH]nc2nccc(C3CCC3)n12. The van der Waals surface area contributed by atoms with Crippen molar-refractivity contribution in [2.45, 2.75) is 25.2 Å². The van der Waals surface area contributed by atoms with E-state index in [0.717, 1.165) is 18.5 Å². The fourth-order valence-corrected chi connectivity index (χ4v) is 1.89. The minimum Gasteiger partial charge on any atom is -0.246 e. The van der Waals surface area contributed by atoms with Crippen LogP contribution in [0.15, 0.2) is 17.1 Å². The molecule has 0 unspecified atom stereocenters. The molecular weight excluding hydrogens is 180 g/mol. The van der Waals surface area contributed by atoms with Crippen molar-refractivity contribution in [2.24, 2.45) is 0 Å². The van der Waals surface area contributed by atoms with Crippen LogP contribution in [-0.2, 0) is 0 Å². The molecule has 0 radical (unpaired) electrons. The van der Waals surface area contributed by atoms with Crippen molar-refractivity contribution >= 4 is 5.78 Å². The van der Waals surface area contributed by atoms with E-state index in [1.165, 1.54) is 6.42 Å². The summed E-state index contributed by atoms with van der Waals surface area (Å²) in [5.74, 6) is 0.982. The highest BCUT2D eigenvalue weighted by Crippen LogP contribution is 2.35. The van der Waals surface area contributed by atoms with E-state index < -0.39 is 0 Å². The molecule has 14 heavy (non-hydrogen) atoms. The number of nitrogens with zero attached hydrogens (tertiary/aromatic N) is 3. The topological polar surface area (TPSA) is 63.0 Å². The van der Waals surface area contributed by atoms with Crippen LogP contribution < -0.4 is 5.69 Å². The Labute approximate surface area is 79.8 Å². The van der Waals surface area contributed by atoms with Gasteiger partial charge in [0, 0.05) is 11.9 Å². The van der Waals surface area contributed by atoms with Crippen LogP contribution in [0, 0.1) is 0 Å². The van der Waals surface area contributed by atoms with E-state index in [-0.39, 0.29) is 5.69 Å². The molecule has 1 saturated carbocycles. The number of fused-ring (bicyclic) bond motifs is 1. The van der Waals surface area contributed by atoms with E-state index in [1.807, 2.05) is 6.07 Å². The number of hydrogen-bond donors (Lipinski definition) is 1. The van der Waals surface area contributed by atoms with E-state index in [0.29, 0.717) is 11.7 Å². The summed E-state index contributed by atoms with van der Waals surface area (Å²) in [6, 6.07) is 1.91. The smallest absolute Gasteiger partial charge is 0.246 e. The second-order valence-corrected chi connectivity index (χ2v) is 3.66. The number of hydrogen-bond acceptors (Lipinski definition) is 3. The molecule has 1 aliphatic carbocycles. The summed E-state index contributed by atoms with van der Waals surface area (Å²) in [5, 5.41) is 6.25. The maximum Gasteiger partial charge on any atom is 0.349 e. The molecule has 3 rings (SSSR count). The average molecular weight is 190 g/mol. The molecule has 1 aliphatic rings. The van der Waals surface area contributed by atoms with E-state index in [2.05, 4.69) is 15.2 Å². The van der Waals surface area contributed by atoms with Gasteiger partial charge in [0.25, 0.3) is 5.78 Å². The third-order valence-corrected chi connectivity index (χ3v) is 2.87. The zero-order valence-electron chi connectivity index (χ0n) is 7.60. The van der Waals surface area contributed by atoms with E-state index in [4.69, 9.17) is 0 Å². The Bertz CT molecular complexity index is 523. The Kier molecular flexibility index (Phi) is 1.47. The molecule has 2 heterocycles. The minimum atomic E-state index is -0.185. The van der Waals surface area contributed by atoms with Crippen molar-refractivity contribution in [1.29, 1.82) is 0 Å². The third-order valence-electron chi connectivity index (χ3n) is 2.87. The lowest BCUT2D eigenvalue weighted by Gasteiger charge is -2.25. The number of nitrogens with one attached hydrogen (secondary N) is 1. The average Bonchev–Trinajstić information content (AvgIpc) is 2.46. The van der Waals surface area contributed by atoms with Gasteiger partial charge in [-0.25, -0.2) is 19.3 Å². The molecule has 0 amide bonds. The van der Waals surface area contributed by atoms with Crippen molar-refractivity contribution in [2.75, 3.05) is 0 Å². The summed E-state index contributed by atoms with van der Waals surface area (Å²) in [5.41, 5.74) is 0.856. The number of aromatic amines is 1. The van der Waals surface area contributed by atoms with E-state index in [9.17, 15) is 4.79 Å². The van der Waals surface area contributed by atoms with Gasteiger partial charge in [0.15, 0.2) is 0 Å². The maximum atomic E-state index is 11.4. The minimum absolute atomic E-state index is 0.185. The van der Waals surface area contributed by atoms with Crippen molar-refractivity contribution in [3.63, 3.8) is 0 Å². The second-order valence-electron chi connectivity index (χ2n) is 3.66. The molecule has 0 aromatic carbocycles. The Morgan fingerprint density at radius 1 is 1.50 bits per heavy atom. The highest BCUT2D eigenvalue weighted by atomic mass is 16.1. The fourth-order valence-electron chi connectivity index (χ4n) is 1.89. The van der Waals surface area contributed by atoms with Crippen LogP contribution in [0.1, 0.15) is 30.9 Å². The number of H-pyrrole nitrogens is 1. The molecule has 2 aromatic heterocycles. The van der Waals surface area contributed by atoms with Crippen LogP contribution in [0.5, 0.6) is 0 Å². The van der Waals surface area contributed by atoms with Gasteiger partial charge in [0.1, 0.15) is 0 Å². The fraction of sp³-hybridized carbons (Fsp3) is 0.444. The summed E-state index contributed by atoms with van der Waals surface area (Å²) in [6.07, 6.45) is 5.29. The van der Waals surface area contributed by atoms with Crippen molar-refractivity contribution in [3.8, 4) is 0 Å². The van der Waals surface area contributed by atoms with Gasteiger partial charge in [-0.2, -0.15) is 0 Å². The largest absolute Gasteiger partial charge is 0.349 e. The number of rotatable bonds is 1. The molecule has 5 nitrogen and oxygen atoms in total. The zero-order chi connectivity index (χ0) is 9.54. The molecule has 0 spiro atoms. The van der Waals surface area contributed by atoms with Gasteiger partial charge in [-0.1, -0.05) is 6.42 Å². The van der Waals surface area contributed by atoms with Crippen molar-refractivity contribution < 1.29 is 0 Å². The second kappa shape index (κ2) is 2.67. The molecule has 0 atom stereocenters. The lowest BCUT2D eigenvalue weighted by molar-refractivity contribution is 0.406. The van der Waals surface area contributed by atoms with Gasteiger partial charge in [0.2, 0.25) is 0 Å². The van der Waals surface area contributed by atoms with Crippen LogP contribution in [0.2, 0.25) is 0 Å². The van der Waals surface area contributed by atoms with Crippen LogP contribution >= 0.6 is 0 Å². The first-order chi connectivity index (χ1) is 6.86. The lowest BCUT2D eigenvalue weighted by Crippen LogP contribution is -2.20. The van der Waals surface area contributed by atoms with Crippen LogP contribution in [-0.4, -0.2) is 19.6 Å². The molecule has 1 fully saturated rings. The Hall–Kier alpha value is -1.65. The molecule has 0 aliphatic heterocycles. The van der Waals surface area contributed by atoms with E-state index >= 15 is 0 Å². The van der Waals surface area contributed by atoms with Crippen LogP contribution in [0.25, 0.3) is 5.78 Å². The van der Waals surface area contributed by atoms with Gasteiger partial charge in [-0.05, 0) is 24.8 Å². The van der Waals surface area contributed by atoms with Gasteiger partial charge in [0.05, 0.1) is 0 Å². The molecular formula is C9H10N4O. The normalized spacial score (nSPS) is 17.1. The molecule has 0 bridgehead atoms. The zero-order valence-corrected chi connectivity index (χ0v) is 7.60. The Morgan fingerprint density at radius 2 is 2.36 bits per heavy atom. The van der Waals surface area contributed by atoms with Gasteiger partial charge in [-0.3, -0.25) is 0 Å². The molecule has 72 valence electrons. The monoisotopic (exact) mass is 190 g/mol. The van der Waals surface area contributed by atoms with Crippen molar-refractivity contribution in [3.05, 3.63) is 28.4 Å². The number of aromatic nitrogens is 4. The lowest BCUT2D eigenvalue weighted by atomic mass is 9.83. The first-order valence-electron chi connectivity index (χ1n) is 4.78. The Morgan fingerprint density at radius 3 is 3.07 bits per heavy atom. The predicted octanol–water partition coefficient (Wildman–Crippen LogP) is 0.685. The van der Waals surface area contributed by atoms with Crippen LogP contribution in [0.4, 0.5) is 0 Å². The van der Waals surface area contributed by atoms with E-state index in [1.54, 1.807) is 10.6 Å². The predicted molar refractivity (Wildman–Crippen MR) is 50.2 cm³/mol. The summed E-state index contributed by atoms with van der Waals surface area (Å²) in [6.45, 7) is 0. The van der Waals surface area contributed by atoms with Crippen molar-refractivity contribution in [1.82, 2.24) is 19.6 Å². The maximum absolute atomic E-state index is 11.4. The Balaban J connectivity index is 2.30. The molecule has 1 N–H and O–H groups in total. The third kappa shape index (κ3) is 0.921. The first-order valence-corrected chi connectivity index (χ1v) is 4.78. The highest BCUT2D eigenvalue weighted by molar-refractivity contribution is 5.29. The van der Waals surface area contributed by atoms with Gasteiger partial charge >= 0.3 is 5.69 Å². The quantitative estimate of drug-likeness (QED) is 0.719. The van der Waals surface area contributed by atoms with Gasteiger partial charge < -0.3 is 0 Å². The summed E-state index contributed by atoms with van der Waals surface area (Å²) in [4.78, 5) is 15.5. The molecule has 2 aromatic rings. The molecule has 5 heteroatoms. The summed E-state index contributed by atoms with van der Waals surface area (Å²) in [7, 11) is 0. The summed E-state index contributed by atoms with van der Waals surface area (Å²) < 4.78 is 1.57. The van der Waals surface area contributed by atoms with Crippen LogP contribution in [0.3, 0.4) is 0 Å².